The Bertz CT molecular complexity index is 372. The van der Waals surface area contributed by atoms with Gasteiger partial charge in [-0.15, -0.1) is 11.6 Å². The van der Waals surface area contributed by atoms with Crippen molar-refractivity contribution < 1.29 is 8.78 Å². The topological polar surface area (TPSA) is 6.48 Å². The van der Waals surface area contributed by atoms with Gasteiger partial charge in [-0.2, -0.15) is 0 Å². The molecule has 1 fully saturated rings. The molecular formula is C13H17ClF2N2. The first-order valence-electron chi connectivity index (χ1n) is 6.13. The highest BCUT2D eigenvalue weighted by Gasteiger charge is 2.16. The molecule has 0 N–H and O–H groups in total. The fourth-order valence-corrected chi connectivity index (χ4v) is 2.49. The lowest BCUT2D eigenvalue weighted by Crippen LogP contribution is -2.46. The molecule has 1 aliphatic rings. The zero-order chi connectivity index (χ0) is 13.0. The molecule has 0 radical (unpaired) electrons. The van der Waals surface area contributed by atoms with Gasteiger partial charge in [-0.05, 0) is 17.7 Å². The molecule has 2 nitrogen and oxygen atoms in total. The summed E-state index contributed by atoms with van der Waals surface area (Å²) in [5.41, 5.74) is 0.693. The minimum Gasteiger partial charge on any atom is -0.300 e. The maximum absolute atomic E-state index is 13.1. The predicted molar refractivity (Wildman–Crippen MR) is 68.8 cm³/mol. The van der Waals surface area contributed by atoms with Gasteiger partial charge in [0.2, 0.25) is 0 Å². The summed E-state index contributed by atoms with van der Waals surface area (Å²) in [6.07, 6.45) is 0. The molecule has 2 rings (SSSR count). The number of nitrogens with zero attached hydrogens (tertiary/aromatic N) is 2. The molecule has 0 saturated carbocycles. The first-order valence-corrected chi connectivity index (χ1v) is 6.66. The molecule has 1 saturated heterocycles. The normalized spacial score (nSPS) is 18.2. The molecule has 1 heterocycles. The molecule has 0 aromatic heterocycles. The minimum atomic E-state index is -0.509. The van der Waals surface area contributed by atoms with E-state index in [-0.39, 0.29) is 0 Å². The van der Waals surface area contributed by atoms with Crippen LogP contribution in [0.3, 0.4) is 0 Å². The van der Waals surface area contributed by atoms with E-state index in [0.717, 1.165) is 38.8 Å². The van der Waals surface area contributed by atoms with Gasteiger partial charge < -0.3 is 0 Å². The van der Waals surface area contributed by atoms with Crippen molar-refractivity contribution in [2.75, 3.05) is 38.6 Å². The van der Waals surface area contributed by atoms with E-state index in [1.807, 2.05) is 0 Å². The largest absolute Gasteiger partial charge is 0.300 e. The van der Waals surface area contributed by atoms with E-state index in [4.69, 9.17) is 11.6 Å². The quantitative estimate of drug-likeness (QED) is 0.778. The molecule has 0 aliphatic carbocycles. The van der Waals surface area contributed by atoms with E-state index in [1.54, 1.807) is 0 Å². The van der Waals surface area contributed by atoms with Crippen LogP contribution in [-0.2, 0) is 6.54 Å². The van der Waals surface area contributed by atoms with Crippen molar-refractivity contribution in [1.82, 2.24) is 9.80 Å². The lowest BCUT2D eigenvalue weighted by atomic mass is 10.2. The molecule has 1 aromatic carbocycles. The zero-order valence-corrected chi connectivity index (χ0v) is 11.0. The summed E-state index contributed by atoms with van der Waals surface area (Å²) < 4.78 is 26.1. The second kappa shape index (κ2) is 6.45. The number of benzene rings is 1. The Hall–Kier alpha value is -0.710. The summed E-state index contributed by atoms with van der Waals surface area (Å²) in [4.78, 5) is 4.51. The van der Waals surface area contributed by atoms with Gasteiger partial charge in [-0.25, -0.2) is 8.78 Å². The van der Waals surface area contributed by atoms with Crippen molar-refractivity contribution in [3.8, 4) is 0 Å². The molecule has 0 amide bonds. The lowest BCUT2D eigenvalue weighted by molar-refractivity contribution is 0.132. The third-order valence-corrected chi connectivity index (χ3v) is 3.36. The molecular weight excluding hydrogens is 258 g/mol. The van der Waals surface area contributed by atoms with Gasteiger partial charge in [-0.1, -0.05) is 0 Å². The molecule has 0 bridgehead atoms. The second-order valence-corrected chi connectivity index (χ2v) is 4.96. The Kier molecular flexibility index (Phi) is 4.92. The molecule has 0 spiro atoms. The smallest absolute Gasteiger partial charge is 0.126 e. The summed E-state index contributed by atoms with van der Waals surface area (Å²) in [5.74, 6) is -0.369. The minimum absolute atomic E-state index is 0.509. The van der Waals surface area contributed by atoms with Crippen molar-refractivity contribution in [3.63, 3.8) is 0 Å². The Balaban J connectivity index is 1.87. The Labute approximate surface area is 111 Å². The summed E-state index contributed by atoms with van der Waals surface area (Å²) >= 11 is 5.70. The van der Waals surface area contributed by atoms with Gasteiger partial charge in [0.05, 0.1) is 0 Å². The second-order valence-electron chi connectivity index (χ2n) is 4.58. The van der Waals surface area contributed by atoms with Crippen LogP contribution in [0.2, 0.25) is 0 Å². The van der Waals surface area contributed by atoms with Crippen LogP contribution in [0.15, 0.2) is 18.2 Å². The van der Waals surface area contributed by atoms with Crippen molar-refractivity contribution in [1.29, 1.82) is 0 Å². The number of hydrogen-bond acceptors (Lipinski definition) is 2. The molecule has 0 unspecified atom stereocenters. The van der Waals surface area contributed by atoms with E-state index >= 15 is 0 Å². The zero-order valence-electron chi connectivity index (χ0n) is 10.2. The van der Waals surface area contributed by atoms with Crippen molar-refractivity contribution in [2.24, 2.45) is 0 Å². The highest BCUT2D eigenvalue weighted by molar-refractivity contribution is 6.18. The monoisotopic (exact) mass is 274 g/mol. The SMILES string of the molecule is Fc1cc(F)cc(CN2CCN(CCCl)CC2)c1. The lowest BCUT2D eigenvalue weighted by Gasteiger charge is -2.34. The summed E-state index contributed by atoms with van der Waals surface area (Å²) in [6, 6.07) is 3.70. The van der Waals surface area contributed by atoms with Crippen LogP contribution in [0.5, 0.6) is 0 Å². The average Bonchev–Trinajstić information content (AvgIpc) is 2.31. The van der Waals surface area contributed by atoms with E-state index in [1.165, 1.54) is 12.1 Å². The Morgan fingerprint density at radius 1 is 0.944 bits per heavy atom. The molecule has 18 heavy (non-hydrogen) atoms. The van der Waals surface area contributed by atoms with Crippen LogP contribution in [0.4, 0.5) is 8.78 Å². The molecule has 1 aromatic rings. The van der Waals surface area contributed by atoms with Crippen LogP contribution in [0.1, 0.15) is 5.56 Å². The number of alkyl halides is 1. The van der Waals surface area contributed by atoms with Gasteiger partial charge in [0.25, 0.3) is 0 Å². The fourth-order valence-electron chi connectivity index (χ4n) is 2.25. The number of hydrogen-bond donors (Lipinski definition) is 0. The molecule has 5 heteroatoms. The Morgan fingerprint density at radius 3 is 2.06 bits per heavy atom. The third kappa shape index (κ3) is 3.90. The van der Waals surface area contributed by atoms with E-state index in [9.17, 15) is 8.78 Å². The molecule has 0 atom stereocenters. The van der Waals surface area contributed by atoms with Gasteiger partial charge in [0.15, 0.2) is 0 Å². The van der Waals surface area contributed by atoms with Crippen molar-refractivity contribution in [3.05, 3.63) is 35.4 Å². The highest BCUT2D eigenvalue weighted by Crippen LogP contribution is 2.12. The highest BCUT2D eigenvalue weighted by atomic mass is 35.5. The van der Waals surface area contributed by atoms with E-state index < -0.39 is 11.6 Å². The van der Waals surface area contributed by atoms with Crippen LogP contribution >= 0.6 is 11.6 Å². The van der Waals surface area contributed by atoms with Crippen LogP contribution in [-0.4, -0.2) is 48.4 Å². The standard InChI is InChI=1S/C13H17ClF2N2/c14-1-2-17-3-5-18(6-4-17)10-11-7-12(15)9-13(16)8-11/h7-9H,1-6,10H2. The average molecular weight is 275 g/mol. The number of halogens is 3. The van der Waals surface area contributed by atoms with Gasteiger partial charge >= 0.3 is 0 Å². The number of piperazine rings is 1. The van der Waals surface area contributed by atoms with Crippen LogP contribution in [0, 0.1) is 11.6 Å². The summed E-state index contributed by atoms with van der Waals surface area (Å²) in [7, 11) is 0. The maximum atomic E-state index is 13.1. The van der Waals surface area contributed by atoms with E-state index in [2.05, 4.69) is 9.80 Å². The number of rotatable bonds is 4. The predicted octanol–water partition coefficient (Wildman–Crippen LogP) is 2.32. The maximum Gasteiger partial charge on any atom is 0.126 e. The van der Waals surface area contributed by atoms with Gasteiger partial charge in [0.1, 0.15) is 11.6 Å². The third-order valence-electron chi connectivity index (χ3n) is 3.19. The Morgan fingerprint density at radius 2 is 1.50 bits per heavy atom. The molecule has 100 valence electrons. The summed E-state index contributed by atoms with van der Waals surface area (Å²) in [6.45, 7) is 5.26. The fraction of sp³-hybridized carbons (Fsp3) is 0.538. The summed E-state index contributed by atoms with van der Waals surface area (Å²) in [5, 5.41) is 0. The molecule has 1 aliphatic heterocycles. The van der Waals surface area contributed by atoms with Gasteiger partial charge in [0, 0.05) is 51.2 Å². The van der Waals surface area contributed by atoms with Gasteiger partial charge in [-0.3, -0.25) is 9.80 Å². The first-order chi connectivity index (χ1) is 8.67. The van der Waals surface area contributed by atoms with Crippen molar-refractivity contribution in [2.45, 2.75) is 6.54 Å². The first kappa shape index (κ1) is 13.7. The van der Waals surface area contributed by atoms with Crippen LogP contribution < -0.4 is 0 Å². The van der Waals surface area contributed by atoms with E-state index in [0.29, 0.717) is 18.0 Å². The van der Waals surface area contributed by atoms with Crippen molar-refractivity contribution >= 4 is 11.6 Å². The van der Waals surface area contributed by atoms with Crippen LogP contribution in [0.25, 0.3) is 0 Å².